The standard InChI is InChI=1S/C28H30N2O3/c1-5-19(4)21-10-13-24(14-11-21)32-17-27(31)29-23-12-15-26-25(16-23)30-28(33-26)22-8-6-20(7-9-22)18(2)3/h6-16,18-19H,5,17H2,1-4H3,(H,29,31)/t19-/m1/s1. The maximum Gasteiger partial charge on any atom is 0.262 e. The normalized spacial score (nSPS) is 12.2. The number of anilines is 1. The van der Waals surface area contributed by atoms with Gasteiger partial charge in [0.15, 0.2) is 12.2 Å². The van der Waals surface area contributed by atoms with Gasteiger partial charge in [-0.05, 0) is 71.8 Å². The van der Waals surface area contributed by atoms with Crippen molar-refractivity contribution in [3.8, 4) is 17.2 Å². The van der Waals surface area contributed by atoms with Gasteiger partial charge in [-0.2, -0.15) is 0 Å². The molecule has 4 rings (SSSR count). The van der Waals surface area contributed by atoms with E-state index in [0.717, 1.165) is 12.0 Å². The molecule has 0 unspecified atom stereocenters. The molecule has 0 saturated heterocycles. The summed E-state index contributed by atoms with van der Waals surface area (Å²) in [5, 5.41) is 2.87. The zero-order valence-electron chi connectivity index (χ0n) is 19.6. The predicted molar refractivity (Wildman–Crippen MR) is 133 cm³/mol. The van der Waals surface area contributed by atoms with Crippen molar-refractivity contribution < 1.29 is 13.9 Å². The van der Waals surface area contributed by atoms with Crippen molar-refractivity contribution in [1.82, 2.24) is 4.98 Å². The van der Waals surface area contributed by atoms with Crippen LogP contribution in [0, 0.1) is 0 Å². The van der Waals surface area contributed by atoms with Crippen molar-refractivity contribution in [3.63, 3.8) is 0 Å². The van der Waals surface area contributed by atoms with Crippen LogP contribution in [-0.2, 0) is 4.79 Å². The van der Waals surface area contributed by atoms with Crippen molar-refractivity contribution in [2.24, 2.45) is 0 Å². The maximum absolute atomic E-state index is 12.4. The first kappa shape index (κ1) is 22.6. The van der Waals surface area contributed by atoms with Crippen molar-refractivity contribution in [2.75, 3.05) is 11.9 Å². The zero-order chi connectivity index (χ0) is 23.4. The molecule has 0 bridgehead atoms. The molecule has 1 heterocycles. The monoisotopic (exact) mass is 442 g/mol. The second-order valence-corrected chi connectivity index (χ2v) is 8.69. The van der Waals surface area contributed by atoms with E-state index in [0.29, 0.717) is 40.3 Å². The number of carbonyl (C=O) groups excluding carboxylic acids is 1. The van der Waals surface area contributed by atoms with Gasteiger partial charge in [0.1, 0.15) is 11.3 Å². The summed E-state index contributed by atoms with van der Waals surface area (Å²) in [6.07, 6.45) is 1.09. The van der Waals surface area contributed by atoms with Gasteiger partial charge >= 0.3 is 0 Å². The van der Waals surface area contributed by atoms with Gasteiger partial charge in [0, 0.05) is 11.3 Å². The molecule has 1 aromatic heterocycles. The van der Waals surface area contributed by atoms with Crippen LogP contribution in [0.25, 0.3) is 22.6 Å². The van der Waals surface area contributed by atoms with E-state index in [1.807, 2.05) is 48.5 Å². The number of ether oxygens (including phenoxy) is 1. The molecule has 5 heteroatoms. The molecule has 3 aromatic carbocycles. The average molecular weight is 443 g/mol. The lowest BCUT2D eigenvalue weighted by Gasteiger charge is -2.11. The van der Waals surface area contributed by atoms with Crippen LogP contribution in [0.4, 0.5) is 5.69 Å². The predicted octanol–water partition coefficient (Wildman–Crippen LogP) is 7.15. The van der Waals surface area contributed by atoms with Crippen LogP contribution in [0.2, 0.25) is 0 Å². The third-order valence-electron chi connectivity index (χ3n) is 5.93. The largest absolute Gasteiger partial charge is 0.484 e. The summed E-state index contributed by atoms with van der Waals surface area (Å²) >= 11 is 0. The summed E-state index contributed by atoms with van der Waals surface area (Å²) < 4.78 is 11.5. The Morgan fingerprint density at radius 1 is 0.970 bits per heavy atom. The second-order valence-electron chi connectivity index (χ2n) is 8.69. The number of nitrogens with zero attached hydrogens (tertiary/aromatic N) is 1. The molecule has 1 amide bonds. The Morgan fingerprint density at radius 3 is 2.33 bits per heavy atom. The number of hydrogen-bond donors (Lipinski definition) is 1. The van der Waals surface area contributed by atoms with E-state index in [-0.39, 0.29) is 12.5 Å². The maximum atomic E-state index is 12.4. The minimum Gasteiger partial charge on any atom is -0.484 e. The molecule has 0 radical (unpaired) electrons. The van der Waals surface area contributed by atoms with Crippen LogP contribution in [0.1, 0.15) is 57.1 Å². The molecular formula is C28H30N2O3. The average Bonchev–Trinajstić information content (AvgIpc) is 3.26. The third kappa shape index (κ3) is 5.43. The van der Waals surface area contributed by atoms with E-state index in [1.165, 1.54) is 11.1 Å². The summed E-state index contributed by atoms with van der Waals surface area (Å²) in [4.78, 5) is 17.0. The lowest BCUT2D eigenvalue weighted by atomic mass is 9.99. The Morgan fingerprint density at radius 2 is 1.67 bits per heavy atom. The van der Waals surface area contributed by atoms with Gasteiger partial charge in [0.05, 0.1) is 0 Å². The summed E-state index contributed by atoms with van der Waals surface area (Å²) in [5.74, 6) is 1.99. The van der Waals surface area contributed by atoms with Gasteiger partial charge in [-0.3, -0.25) is 4.79 Å². The number of nitrogens with one attached hydrogen (secondary N) is 1. The quantitative estimate of drug-likeness (QED) is 0.315. The molecule has 1 atom stereocenters. The van der Waals surface area contributed by atoms with Crippen LogP contribution in [0.15, 0.2) is 71.1 Å². The fourth-order valence-electron chi connectivity index (χ4n) is 3.61. The molecule has 0 aliphatic rings. The van der Waals surface area contributed by atoms with Gasteiger partial charge in [-0.1, -0.05) is 52.0 Å². The highest BCUT2D eigenvalue weighted by Crippen LogP contribution is 2.27. The molecule has 0 aliphatic carbocycles. The molecule has 0 aliphatic heterocycles. The molecule has 0 spiro atoms. The van der Waals surface area contributed by atoms with Gasteiger partial charge in [0.25, 0.3) is 5.91 Å². The van der Waals surface area contributed by atoms with E-state index >= 15 is 0 Å². The summed E-state index contributed by atoms with van der Waals surface area (Å²) in [6.45, 7) is 8.63. The van der Waals surface area contributed by atoms with Crippen molar-refractivity contribution >= 4 is 22.7 Å². The van der Waals surface area contributed by atoms with Crippen LogP contribution in [-0.4, -0.2) is 17.5 Å². The van der Waals surface area contributed by atoms with E-state index in [4.69, 9.17) is 9.15 Å². The minimum absolute atomic E-state index is 0.0625. The fourth-order valence-corrected chi connectivity index (χ4v) is 3.61. The number of hydrogen-bond acceptors (Lipinski definition) is 4. The number of aromatic nitrogens is 1. The summed E-state index contributed by atoms with van der Waals surface area (Å²) in [7, 11) is 0. The van der Waals surface area contributed by atoms with Gasteiger partial charge in [0.2, 0.25) is 5.89 Å². The van der Waals surface area contributed by atoms with Crippen LogP contribution in [0.5, 0.6) is 5.75 Å². The van der Waals surface area contributed by atoms with Crippen LogP contribution < -0.4 is 10.1 Å². The second kappa shape index (κ2) is 9.90. The van der Waals surface area contributed by atoms with Crippen molar-refractivity contribution in [1.29, 1.82) is 0 Å². The Bertz CT molecular complexity index is 1220. The van der Waals surface area contributed by atoms with E-state index in [2.05, 4.69) is 50.1 Å². The fraction of sp³-hybridized carbons (Fsp3) is 0.286. The topological polar surface area (TPSA) is 64.4 Å². The Kier molecular flexibility index (Phi) is 6.78. The number of fused-ring (bicyclic) bond motifs is 1. The molecule has 0 saturated carbocycles. The highest BCUT2D eigenvalue weighted by Gasteiger charge is 2.11. The minimum atomic E-state index is -0.228. The Hall–Kier alpha value is -3.60. The van der Waals surface area contributed by atoms with Gasteiger partial charge in [-0.25, -0.2) is 4.98 Å². The van der Waals surface area contributed by atoms with Gasteiger partial charge in [-0.15, -0.1) is 0 Å². The highest BCUT2D eigenvalue weighted by molar-refractivity contribution is 5.94. The third-order valence-corrected chi connectivity index (χ3v) is 5.93. The SMILES string of the molecule is CC[C@@H](C)c1ccc(OCC(=O)Nc2ccc3oc(-c4ccc(C(C)C)cc4)nc3c2)cc1. The van der Waals surface area contributed by atoms with E-state index in [9.17, 15) is 4.79 Å². The smallest absolute Gasteiger partial charge is 0.262 e. The Balaban J connectivity index is 1.38. The highest BCUT2D eigenvalue weighted by atomic mass is 16.5. The summed E-state index contributed by atoms with van der Waals surface area (Å²) in [6, 6.07) is 21.6. The lowest BCUT2D eigenvalue weighted by Crippen LogP contribution is -2.20. The molecule has 5 nitrogen and oxygen atoms in total. The van der Waals surface area contributed by atoms with Gasteiger partial charge < -0.3 is 14.5 Å². The molecule has 170 valence electrons. The first-order valence-corrected chi connectivity index (χ1v) is 11.5. The first-order valence-electron chi connectivity index (χ1n) is 11.5. The molecule has 0 fully saturated rings. The van der Waals surface area contributed by atoms with Crippen molar-refractivity contribution in [2.45, 2.75) is 46.0 Å². The van der Waals surface area contributed by atoms with E-state index in [1.54, 1.807) is 6.07 Å². The van der Waals surface area contributed by atoms with Crippen LogP contribution in [0.3, 0.4) is 0 Å². The number of oxazole rings is 1. The molecule has 1 N–H and O–H groups in total. The molecular weight excluding hydrogens is 412 g/mol. The molecule has 4 aromatic rings. The van der Waals surface area contributed by atoms with E-state index < -0.39 is 0 Å². The first-order chi connectivity index (χ1) is 15.9. The zero-order valence-corrected chi connectivity index (χ0v) is 19.6. The number of amides is 1. The number of benzene rings is 3. The Labute approximate surface area is 194 Å². The van der Waals surface area contributed by atoms with Crippen LogP contribution >= 0.6 is 0 Å². The molecule has 33 heavy (non-hydrogen) atoms. The number of rotatable bonds is 8. The van der Waals surface area contributed by atoms with Crippen molar-refractivity contribution in [3.05, 3.63) is 77.9 Å². The summed E-state index contributed by atoms with van der Waals surface area (Å²) in [5.41, 5.74) is 5.48. The number of carbonyl (C=O) groups is 1. The lowest BCUT2D eigenvalue weighted by molar-refractivity contribution is -0.118.